The maximum atomic E-state index is 13.0. The van der Waals surface area contributed by atoms with Gasteiger partial charge in [-0.05, 0) is 97.2 Å². The number of halogens is 1. The Bertz CT molecular complexity index is 948. The van der Waals surface area contributed by atoms with Crippen LogP contribution in [-0.2, 0) is 22.2 Å². The average Bonchev–Trinajstić information content (AvgIpc) is 3.08. The molecule has 0 bridgehead atoms. The van der Waals surface area contributed by atoms with E-state index >= 15 is 0 Å². The second-order valence-corrected chi connectivity index (χ2v) is 12.5. The van der Waals surface area contributed by atoms with E-state index in [1.165, 1.54) is 24.0 Å². The summed E-state index contributed by atoms with van der Waals surface area (Å²) >= 11 is 2.29. The lowest BCUT2D eigenvalue weighted by Crippen LogP contribution is -2.49. The minimum atomic E-state index is -1.06. The number of benzene rings is 1. The van der Waals surface area contributed by atoms with E-state index in [0.29, 0.717) is 37.6 Å². The topological polar surface area (TPSA) is 87.8 Å². The molecule has 0 radical (unpaired) electrons. The Labute approximate surface area is 207 Å². The molecule has 32 heavy (non-hydrogen) atoms. The maximum absolute atomic E-state index is 13.0. The van der Waals surface area contributed by atoms with E-state index in [1.807, 2.05) is 10.4 Å². The molecule has 2 aliphatic heterocycles. The zero-order chi connectivity index (χ0) is 23.0. The lowest BCUT2D eigenvalue weighted by atomic mass is 9.82. The molecular weight excluding hydrogens is 535 g/mol. The van der Waals surface area contributed by atoms with Gasteiger partial charge in [-0.1, -0.05) is 19.8 Å². The molecule has 1 unspecified atom stereocenters. The first-order valence-corrected chi connectivity index (χ1v) is 14.1. The van der Waals surface area contributed by atoms with Gasteiger partial charge in [0.2, 0.25) is 0 Å². The smallest absolute Gasteiger partial charge is 0.253 e. The van der Waals surface area contributed by atoms with Gasteiger partial charge in [-0.2, -0.15) is 0 Å². The summed E-state index contributed by atoms with van der Waals surface area (Å²) < 4.78 is 16.2. The van der Waals surface area contributed by atoms with Crippen molar-refractivity contribution in [1.82, 2.24) is 9.62 Å². The minimum Gasteiger partial charge on any atom is -0.398 e. The Morgan fingerprint density at radius 3 is 2.56 bits per heavy atom. The molecule has 1 amide bonds. The van der Waals surface area contributed by atoms with Crippen molar-refractivity contribution in [2.24, 2.45) is 16.8 Å². The van der Waals surface area contributed by atoms with Crippen LogP contribution < -0.4 is 11.1 Å². The molecule has 0 aromatic heterocycles. The first kappa shape index (κ1) is 24.1. The number of carbonyl (C=O) groups excluding carboxylic acids is 1. The molecule has 8 heteroatoms. The molecule has 4 rings (SSSR count). The third-order valence-electron chi connectivity index (χ3n) is 7.65. The average molecular weight is 571 g/mol. The Hall–Kier alpha value is -1.00. The Kier molecular flexibility index (Phi) is 7.32. The Balaban J connectivity index is 1.35. The van der Waals surface area contributed by atoms with Crippen LogP contribution in [0.15, 0.2) is 11.1 Å². The highest BCUT2D eigenvalue weighted by atomic mass is 127. The number of nitrogens with two attached hydrogens (primary N) is 1. The maximum Gasteiger partial charge on any atom is 0.253 e. The monoisotopic (exact) mass is 570 g/mol. The van der Waals surface area contributed by atoms with Crippen molar-refractivity contribution in [2.75, 3.05) is 24.6 Å². The van der Waals surface area contributed by atoms with E-state index in [2.05, 4.69) is 48.7 Å². The Morgan fingerprint density at radius 2 is 1.91 bits per heavy atom. The van der Waals surface area contributed by atoms with E-state index in [-0.39, 0.29) is 5.91 Å². The summed E-state index contributed by atoms with van der Waals surface area (Å²) in [6.45, 7) is 7.77. The number of amidine groups is 1. The molecular formula is C24H35IN4O2S. The van der Waals surface area contributed by atoms with E-state index in [0.717, 1.165) is 45.8 Å². The van der Waals surface area contributed by atoms with E-state index in [9.17, 15) is 9.00 Å². The minimum absolute atomic E-state index is 0.0549. The second kappa shape index (κ2) is 9.70. The van der Waals surface area contributed by atoms with Crippen molar-refractivity contribution in [2.45, 2.75) is 71.3 Å². The number of aryl methyl sites for hydroxylation is 1. The second-order valence-electron chi connectivity index (χ2n) is 9.84. The normalized spacial score (nSPS) is 26.8. The summed E-state index contributed by atoms with van der Waals surface area (Å²) in [5.74, 6) is 2.74. The van der Waals surface area contributed by atoms with Gasteiger partial charge in [-0.15, -0.1) is 0 Å². The number of nitrogens with one attached hydrogen (secondary N) is 1. The van der Waals surface area contributed by atoms with Gasteiger partial charge in [0, 0.05) is 34.0 Å². The highest BCUT2D eigenvalue weighted by Gasteiger charge is 2.47. The highest BCUT2D eigenvalue weighted by Crippen LogP contribution is 2.35. The van der Waals surface area contributed by atoms with E-state index in [1.54, 1.807) is 0 Å². The zero-order valence-corrected chi connectivity index (χ0v) is 22.4. The molecule has 2 heterocycles. The predicted octanol–water partition coefficient (Wildman–Crippen LogP) is 3.89. The van der Waals surface area contributed by atoms with Crippen molar-refractivity contribution >= 4 is 51.0 Å². The van der Waals surface area contributed by atoms with Crippen LogP contribution in [0.5, 0.6) is 0 Å². The van der Waals surface area contributed by atoms with Crippen LogP contribution in [0.2, 0.25) is 0 Å². The number of hydrogen-bond acceptors (Lipinski definition) is 4. The number of aliphatic imine (C=N–C) groups is 1. The van der Waals surface area contributed by atoms with Crippen LogP contribution in [-0.4, -0.2) is 44.6 Å². The molecule has 1 aromatic rings. The largest absolute Gasteiger partial charge is 0.398 e. The van der Waals surface area contributed by atoms with Crippen molar-refractivity contribution in [3.63, 3.8) is 0 Å². The first-order chi connectivity index (χ1) is 15.2. The van der Waals surface area contributed by atoms with Crippen LogP contribution in [0.25, 0.3) is 0 Å². The van der Waals surface area contributed by atoms with Gasteiger partial charge < -0.3 is 11.1 Å². The molecule has 1 aromatic carbocycles. The third-order valence-corrected chi connectivity index (χ3v) is 10.6. The predicted molar refractivity (Wildman–Crippen MR) is 140 cm³/mol. The standard InChI is InChI=1S/C24H35IN4O2S/c1-15-4-6-18(7-5-15)22-27-23(30)24(28-22)9-11-29(12-10-24)32(31)13-8-19-16(2)14-20(26)21(25)17(19)3/h14-15,18H,4-13,26H2,1-3H3,(H,27,28,30). The van der Waals surface area contributed by atoms with Crippen molar-refractivity contribution in [3.8, 4) is 0 Å². The highest BCUT2D eigenvalue weighted by molar-refractivity contribution is 14.1. The van der Waals surface area contributed by atoms with Crippen LogP contribution >= 0.6 is 22.6 Å². The third kappa shape index (κ3) is 4.78. The van der Waals surface area contributed by atoms with Crippen molar-refractivity contribution in [1.29, 1.82) is 0 Å². The molecule has 176 valence electrons. The van der Waals surface area contributed by atoms with Gasteiger partial charge in [-0.25, -0.2) is 8.51 Å². The lowest BCUT2D eigenvalue weighted by molar-refractivity contribution is -0.124. The van der Waals surface area contributed by atoms with Crippen LogP contribution in [0.3, 0.4) is 0 Å². The van der Waals surface area contributed by atoms with E-state index in [4.69, 9.17) is 10.7 Å². The van der Waals surface area contributed by atoms with Gasteiger partial charge in [0.1, 0.15) is 11.4 Å². The molecule has 6 nitrogen and oxygen atoms in total. The number of piperidine rings is 1. The fourth-order valence-corrected chi connectivity index (χ4v) is 7.11. The summed E-state index contributed by atoms with van der Waals surface area (Å²) in [6.07, 6.45) is 6.73. The van der Waals surface area contributed by atoms with Crippen LogP contribution in [0, 0.1) is 29.3 Å². The van der Waals surface area contributed by atoms with Gasteiger partial charge in [0.05, 0.1) is 11.0 Å². The number of anilines is 1. The molecule has 1 atom stereocenters. The quantitative estimate of drug-likeness (QED) is 0.416. The molecule has 2 fully saturated rings. The molecule has 3 aliphatic rings. The molecule has 1 saturated heterocycles. The van der Waals surface area contributed by atoms with E-state index < -0.39 is 16.5 Å². The molecule has 3 N–H and O–H groups in total. The Morgan fingerprint density at radius 1 is 1.25 bits per heavy atom. The summed E-state index contributed by atoms with van der Waals surface area (Å²) in [5.41, 5.74) is 9.85. The van der Waals surface area contributed by atoms with Crippen molar-refractivity contribution < 1.29 is 9.00 Å². The number of nitrogen functional groups attached to an aromatic ring is 1. The fraction of sp³-hybridized carbons (Fsp3) is 0.667. The van der Waals surface area contributed by atoms with Gasteiger partial charge >= 0.3 is 0 Å². The summed E-state index contributed by atoms with van der Waals surface area (Å²) in [4.78, 5) is 17.8. The summed E-state index contributed by atoms with van der Waals surface area (Å²) in [5, 5.41) is 3.12. The van der Waals surface area contributed by atoms with Gasteiger partial charge in [0.25, 0.3) is 5.91 Å². The van der Waals surface area contributed by atoms with Crippen LogP contribution in [0.4, 0.5) is 5.69 Å². The molecule has 1 spiro atoms. The number of amides is 1. The number of nitrogens with zero attached hydrogens (tertiary/aromatic N) is 2. The fourth-order valence-electron chi connectivity index (χ4n) is 5.40. The molecule has 1 aliphatic carbocycles. The number of rotatable bonds is 5. The van der Waals surface area contributed by atoms with Gasteiger partial charge in [0.15, 0.2) is 0 Å². The van der Waals surface area contributed by atoms with Crippen molar-refractivity contribution in [3.05, 3.63) is 26.3 Å². The summed E-state index contributed by atoms with van der Waals surface area (Å²) in [7, 11) is -1.06. The molecule has 1 saturated carbocycles. The number of hydrogen-bond donors (Lipinski definition) is 2. The van der Waals surface area contributed by atoms with Crippen LogP contribution in [0.1, 0.15) is 62.1 Å². The first-order valence-electron chi connectivity index (χ1n) is 11.8. The summed E-state index contributed by atoms with van der Waals surface area (Å²) in [6, 6.07) is 2.01. The van der Waals surface area contributed by atoms with Gasteiger partial charge in [-0.3, -0.25) is 9.79 Å². The number of carbonyl (C=O) groups is 1. The SMILES string of the molecule is Cc1cc(N)c(I)c(C)c1CCS(=O)N1CCC2(CC1)N=C(C1CCC(C)CC1)NC2=O. The lowest BCUT2D eigenvalue weighted by Gasteiger charge is -2.34. The zero-order valence-electron chi connectivity index (χ0n) is 19.4.